The summed E-state index contributed by atoms with van der Waals surface area (Å²) in [6.45, 7) is 6.73. The molecule has 0 unspecified atom stereocenters. The van der Waals surface area contributed by atoms with Gasteiger partial charge in [0.2, 0.25) is 17.7 Å². The lowest BCUT2D eigenvalue weighted by molar-refractivity contribution is -0.131. The van der Waals surface area contributed by atoms with Gasteiger partial charge in [-0.2, -0.15) is 0 Å². The second kappa shape index (κ2) is 10.4. The lowest BCUT2D eigenvalue weighted by Gasteiger charge is -2.21. The van der Waals surface area contributed by atoms with Crippen LogP contribution in [0.5, 0.6) is 0 Å². The average Bonchev–Trinajstić information content (AvgIpc) is 2.46. The highest BCUT2D eigenvalue weighted by Gasteiger charge is 2.28. The van der Waals surface area contributed by atoms with Crippen LogP contribution in [0.25, 0.3) is 0 Å². The van der Waals surface area contributed by atoms with Gasteiger partial charge in [0.15, 0.2) is 0 Å². The van der Waals surface area contributed by atoms with Gasteiger partial charge in [0.05, 0.1) is 6.54 Å². The van der Waals surface area contributed by atoms with Crippen molar-refractivity contribution in [3.8, 4) is 0 Å². The van der Waals surface area contributed by atoms with Crippen molar-refractivity contribution in [1.29, 1.82) is 0 Å². The lowest BCUT2D eigenvalue weighted by Crippen LogP contribution is -2.53. The normalized spacial score (nSPS) is 15.1. The Hall–Kier alpha value is -1.48. The third-order valence-electron chi connectivity index (χ3n) is 3.09. The van der Waals surface area contributed by atoms with Crippen LogP contribution < -0.4 is 21.3 Å². The second-order valence-electron chi connectivity index (χ2n) is 5.47. The topological polar surface area (TPSA) is 157 Å². The smallest absolute Gasteiger partial charge is 0.343 e. The van der Waals surface area contributed by atoms with Gasteiger partial charge in [0.25, 0.3) is 0 Å². The fourth-order valence-corrected chi connectivity index (χ4v) is 1.85. The molecule has 3 amide bonds. The minimum atomic E-state index is -4.44. The number of nitrogens with one attached hydrogen (secondary N) is 4. The van der Waals surface area contributed by atoms with Gasteiger partial charge in [-0.1, -0.05) is 6.92 Å². The van der Waals surface area contributed by atoms with Crippen LogP contribution in [0.3, 0.4) is 0 Å². The Morgan fingerprint density at radius 2 is 1.46 bits per heavy atom. The van der Waals surface area contributed by atoms with Gasteiger partial charge in [-0.05, 0) is 33.7 Å². The van der Waals surface area contributed by atoms with E-state index >= 15 is 0 Å². The fraction of sp³-hybridized carbons (Fsp3) is 0.769. The minimum absolute atomic E-state index is 0.0846. The summed E-state index contributed by atoms with van der Waals surface area (Å²) in [5.74, 6) is -3.02. The summed E-state index contributed by atoms with van der Waals surface area (Å²) in [5.41, 5.74) is 0. The van der Waals surface area contributed by atoms with Crippen LogP contribution in [0.15, 0.2) is 0 Å². The number of carbonyl (C=O) groups is 3. The van der Waals surface area contributed by atoms with Crippen LogP contribution in [0.4, 0.5) is 0 Å². The molecule has 6 N–H and O–H groups in total. The van der Waals surface area contributed by atoms with E-state index in [0.717, 1.165) is 6.42 Å². The van der Waals surface area contributed by atoms with E-state index in [1.54, 1.807) is 0 Å². The maximum absolute atomic E-state index is 11.9. The summed E-state index contributed by atoms with van der Waals surface area (Å²) in [4.78, 5) is 53.2. The Morgan fingerprint density at radius 3 is 1.96 bits per heavy atom. The molecule has 10 nitrogen and oxygen atoms in total. The lowest BCUT2D eigenvalue weighted by atomic mass is 10.2. The van der Waals surface area contributed by atoms with Gasteiger partial charge in [-0.15, -0.1) is 0 Å². The van der Waals surface area contributed by atoms with Crippen LogP contribution in [0.2, 0.25) is 0 Å². The van der Waals surface area contributed by atoms with Crippen molar-refractivity contribution in [1.82, 2.24) is 21.3 Å². The van der Waals surface area contributed by atoms with Crippen LogP contribution in [-0.2, 0) is 18.9 Å². The zero-order chi connectivity index (χ0) is 18.9. The summed E-state index contributed by atoms with van der Waals surface area (Å²) in [5, 5.41) is 9.86. The van der Waals surface area contributed by atoms with Crippen molar-refractivity contribution in [3.63, 3.8) is 0 Å². The van der Waals surface area contributed by atoms with Crippen molar-refractivity contribution in [2.75, 3.05) is 13.1 Å². The van der Waals surface area contributed by atoms with E-state index in [9.17, 15) is 18.9 Å². The van der Waals surface area contributed by atoms with Crippen LogP contribution in [0, 0.1) is 0 Å². The number of amides is 3. The molecule has 0 aromatic carbocycles. The van der Waals surface area contributed by atoms with Gasteiger partial charge in [-0.3, -0.25) is 18.9 Å². The Labute approximate surface area is 141 Å². The molecule has 140 valence electrons. The van der Waals surface area contributed by atoms with Crippen molar-refractivity contribution in [3.05, 3.63) is 0 Å². The Bertz CT molecular complexity index is 495. The summed E-state index contributed by atoms with van der Waals surface area (Å²) >= 11 is 0. The van der Waals surface area contributed by atoms with Gasteiger partial charge >= 0.3 is 7.60 Å². The first-order valence-corrected chi connectivity index (χ1v) is 9.33. The Kier molecular flexibility index (Phi) is 9.76. The third kappa shape index (κ3) is 8.97. The fourth-order valence-electron chi connectivity index (χ4n) is 1.56. The molecule has 0 radical (unpaired) electrons. The Morgan fingerprint density at radius 1 is 0.958 bits per heavy atom. The predicted octanol–water partition coefficient (Wildman–Crippen LogP) is -1.36. The highest BCUT2D eigenvalue weighted by molar-refractivity contribution is 7.52. The molecule has 0 aliphatic heterocycles. The first-order chi connectivity index (χ1) is 11.0. The summed E-state index contributed by atoms with van der Waals surface area (Å²) in [6, 6.07) is -1.86. The van der Waals surface area contributed by atoms with Crippen LogP contribution in [-0.4, -0.2) is 58.5 Å². The van der Waals surface area contributed by atoms with E-state index in [4.69, 9.17) is 9.79 Å². The molecular weight excluding hydrogens is 339 g/mol. The first kappa shape index (κ1) is 22.5. The van der Waals surface area contributed by atoms with Gasteiger partial charge in [0, 0.05) is 0 Å². The molecule has 0 spiro atoms. The number of hydrogen-bond donors (Lipinski definition) is 6. The third-order valence-corrected chi connectivity index (χ3v) is 4.23. The molecule has 0 rings (SSSR count). The maximum atomic E-state index is 11.9. The van der Waals surface area contributed by atoms with Crippen molar-refractivity contribution < 1.29 is 28.7 Å². The highest BCUT2D eigenvalue weighted by atomic mass is 31.2. The first-order valence-electron chi connectivity index (χ1n) is 7.65. The van der Waals surface area contributed by atoms with E-state index in [1.165, 1.54) is 20.8 Å². The van der Waals surface area contributed by atoms with Crippen molar-refractivity contribution in [2.45, 2.75) is 52.0 Å². The number of rotatable bonds is 10. The number of hydrogen-bond acceptors (Lipinski definition) is 5. The molecule has 24 heavy (non-hydrogen) atoms. The van der Waals surface area contributed by atoms with Crippen LogP contribution in [0.1, 0.15) is 34.1 Å². The largest absolute Gasteiger partial charge is 0.347 e. The standard InChI is InChI=1S/C13H27N4O6P/c1-5-6-14-7-11(18)15-8(2)12(19)16-9(3)13(20)17-10(4)24(21,22)23/h8-10,14H,5-7H2,1-4H3,(H,15,18)(H,16,19)(H,17,20)(H2,21,22,23)/t8-,9-,10+/m0/s1. The second-order valence-corrected chi connectivity index (χ2v) is 7.42. The Balaban J connectivity index is 4.35. The van der Waals surface area contributed by atoms with Gasteiger partial charge < -0.3 is 31.1 Å². The monoisotopic (exact) mass is 366 g/mol. The summed E-state index contributed by atoms with van der Waals surface area (Å²) < 4.78 is 11.0. The summed E-state index contributed by atoms with van der Waals surface area (Å²) in [6.07, 6.45) is 0.878. The molecule has 0 aromatic rings. The number of carbonyl (C=O) groups excluding carboxylic acids is 3. The average molecular weight is 366 g/mol. The van der Waals surface area contributed by atoms with Crippen molar-refractivity contribution in [2.24, 2.45) is 0 Å². The molecule has 0 fully saturated rings. The molecule has 3 atom stereocenters. The molecule has 0 saturated carbocycles. The van der Waals surface area contributed by atoms with E-state index in [0.29, 0.717) is 6.54 Å². The molecular formula is C13H27N4O6P. The van der Waals surface area contributed by atoms with E-state index in [2.05, 4.69) is 21.3 Å². The van der Waals surface area contributed by atoms with E-state index in [-0.39, 0.29) is 12.5 Å². The quantitative estimate of drug-likeness (QED) is 0.206. The van der Waals surface area contributed by atoms with E-state index in [1.807, 2.05) is 6.92 Å². The minimum Gasteiger partial charge on any atom is -0.343 e. The molecule has 0 aromatic heterocycles. The van der Waals surface area contributed by atoms with Crippen LogP contribution >= 0.6 is 7.60 Å². The molecule has 0 aliphatic rings. The van der Waals surface area contributed by atoms with Gasteiger partial charge in [0.1, 0.15) is 17.9 Å². The molecule has 11 heteroatoms. The predicted molar refractivity (Wildman–Crippen MR) is 88.0 cm³/mol. The SMILES string of the molecule is CCCNCC(=O)N[C@@H](C)C(=O)N[C@@H](C)C(=O)N[C@@H](C)P(=O)(O)O. The zero-order valence-electron chi connectivity index (χ0n) is 14.3. The molecule has 0 heterocycles. The molecule has 0 aliphatic carbocycles. The maximum Gasteiger partial charge on any atom is 0.347 e. The van der Waals surface area contributed by atoms with E-state index < -0.39 is 37.3 Å². The molecule has 0 bridgehead atoms. The highest BCUT2D eigenvalue weighted by Crippen LogP contribution is 2.38. The molecule has 0 saturated heterocycles. The van der Waals surface area contributed by atoms with Crippen molar-refractivity contribution >= 4 is 25.3 Å². The zero-order valence-corrected chi connectivity index (χ0v) is 15.2. The summed E-state index contributed by atoms with van der Waals surface area (Å²) in [7, 11) is -4.44. The van der Waals surface area contributed by atoms with Gasteiger partial charge in [-0.25, -0.2) is 0 Å².